The van der Waals surface area contributed by atoms with Crippen LogP contribution in [0.25, 0.3) is 0 Å². The smallest absolute Gasteiger partial charge is 0.273 e. The molecule has 2 saturated heterocycles. The van der Waals surface area contributed by atoms with E-state index < -0.39 is 0 Å². The Morgan fingerprint density at radius 2 is 1.57 bits per heavy atom. The number of carbonyl (C=O) groups is 2. The van der Waals surface area contributed by atoms with Gasteiger partial charge in [0.05, 0.1) is 12.1 Å². The Bertz CT molecular complexity index is 1110. The first-order valence-electron chi connectivity index (χ1n) is 13.5. The number of rotatable bonds is 6. The number of aromatic nitrogens is 1. The third kappa shape index (κ3) is 5.02. The highest BCUT2D eigenvalue weighted by Gasteiger charge is 2.68. The predicted octanol–water partition coefficient (Wildman–Crippen LogP) is 4.50. The minimum absolute atomic E-state index is 0.0393. The van der Waals surface area contributed by atoms with Gasteiger partial charge in [-0.2, -0.15) is 0 Å². The van der Waals surface area contributed by atoms with E-state index in [1.165, 1.54) is 5.56 Å². The SMILES string of the molecule is COc1ccc(CN2CCN(C(=O)c3csc(C4CCN(C(=O)C5C(C)(C)C5(C)C)CC4)n3)CC2)cc1. The van der Waals surface area contributed by atoms with E-state index in [9.17, 15) is 9.59 Å². The molecule has 0 spiro atoms. The van der Waals surface area contributed by atoms with Crippen molar-refractivity contribution in [3.63, 3.8) is 0 Å². The summed E-state index contributed by atoms with van der Waals surface area (Å²) >= 11 is 1.60. The van der Waals surface area contributed by atoms with Crippen molar-refractivity contribution in [1.82, 2.24) is 19.7 Å². The van der Waals surface area contributed by atoms with Crippen LogP contribution in [-0.2, 0) is 11.3 Å². The summed E-state index contributed by atoms with van der Waals surface area (Å²) in [6.45, 7) is 14.4. The van der Waals surface area contributed by atoms with Gasteiger partial charge in [0, 0.05) is 63.0 Å². The van der Waals surface area contributed by atoms with E-state index in [1.54, 1.807) is 18.4 Å². The summed E-state index contributed by atoms with van der Waals surface area (Å²) in [5, 5.41) is 2.97. The molecule has 0 atom stereocenters. The lowest BCUT2D eigenvalue weighted by Gasteiger charge is -2.34. The van der Waals surface area contributed by atoms with Crippen LogP contribution in [0, 0.1) is 16.7 Å². The van der Waals surface area contributed by atoms with Crippen LogP contribution >= 0.6 is 11.3 Å². The summed E-state index contributed by atoms with van der Waals surface area (Å²) in [6, 6.07) is 8.18. The average molecular weight is 525 g/mol. The molecular weight excluding hydrogens is 484 g/mol. The largest absolute Gasteiger partial charge is 0.497 e. The molecule has 37 heavy (non-hydrogen) atoms. The number of thiazole rings is 1. The molecule has 3 heterocycles. The molecule has 1 aromatic carbocycles. The molecule has 2 aliphatic heterocycles. The predicted molar refractivity (Wildman–Crippen MR) is 146 cm³/mol. The number of ether oxygens (including phenoxy) is 1. The maximum atomic E-state index is 13.2. The fraction of sp³-hybridized carbons (Fsp3) is 0.621. The van der Waals surface area contributed by atoms with Gasteiger partial charge in [-0.05, 0) is 41.4 Å². The molecule has 3 fully saturated rings. The number of hydrogen-bond donors (Lipinski definition) is 0. The van der Waals surface area contributed by atoms with E-state index in [1.807, 2.05) is 22.4 Å². The van der Waals surface area contributed by atoms with Gasteiger partial charge in [0.1, 0.15) is 11.4 Å². The summed E-state index contributed by atoms with van der Waals surface area (Å²) in [4.78, 5) is 37.4. The van der Waals surface area contributed by atoms with Gasteiger partial charge in [-0.3, -0.25) is 14.5 Å². The Labute approximate surface area is 224 Å². The Morgan fingerprint density at radius 1 is 0.946 bits per heavy atom. The van der Waals surface area contributed by atoms with Crippen LogP contribution in [-0.4, -0.2) is 77.9 Å². The van der Waals surface area contributed by atoms with Crippen molar-refractivity contribution >= 4 is 23.2 Å². The molecule has 8 heteroatoms. The highest BCUT2D eigenvalue weighted by molar-refractivity contribution is 7.09. The van der Waals surface area contributed by atoms with E-state index in [0.29, 0.717) is 17.5 Å². The van der Waals surface area contributed by atoms with Gasteiger partial charge >= 0.3 is 0 Å². The van der Waals surface area contributed by atoms with Crippen LogP contribution in [0.5, 0.6) is 5.75 Å². The van der Waals surface area contributed by atoms with Crippen molar-refractivity contribution in [2.24, 2.45) is 16.7 Å². The van der Waals surface area contributed by atoms with Gasteiger partial charge in [-0.1, -0.05) is 39.8 Å². The normalized spacial score (nSPS) is 22.2. The number of hydrogen-bond acceptors (Lipinski definition) is 6. The second-order valence-electron chi connectivity index (χ2n) is 12.0. The second kappa shape index (κ2) is 10.0. The monoisotopic (exact) mass is 524 g/mol. The van der Waals surface area contributed by atoms with Crippen LogP contribution in [0.3, 0.4) is 0 Å². The van der Waals surface area contributed by atoms with Crippen molar-refractivity contribution in [2.75, 3.05) is 46.4 Å². The molecule has 2 amide bonds. The summed E-state index contributed by atoms with van der Waals surface area (Å²) in [5.41, 5.74) is 1.98. The number of methoxy groups -OCH3 is 1. The van der Waals surface area contributed by atoms with Crippen molar-refractivity contribution in [3.8, 4) is 5.75 Å². The number of carbonyl (C=O) groups excluding carboxylic acids is 2. The molecule has 0 bridgehead atoms. The quantitative estimate of drug-likeness (QED) is 0.557. The second-order valence-corrected chi connectivity index (χ2v) is 12.9. The Morgan fingerprint density at radius 3 is 2.14 bits per heavy atom. The highest BCUT2D eigenvalue weighted by Crippen LogP contribution is 2.68. The lowest BCUT2D eigenvalue weighted by molar-refractivity contribution is -0.134. The fourth-order valence-electron chi connectivity index (χ4n) is 6.18. The van der Waals surface area contributed by atoms with Gasteiger partial charge in [0.15, 0.2) is 0 Å². The topological polar surface area (TPSA) is 66.0 Å². The number of nitrogens with zero attached hydrogens (tertiary/aromatic N) is 4. The summed E-state index contributed by atoms with van der Waals surface area (Å²) in [7, 11) is 1.68. The van der Waals surface area contributed by atoms with Crippen molar-refractivity contribution in [1.29, 1.82) is 0 Å². The first kappa shape index (κ1) is 26.2. The van der Waals surface area contributed by atoms with Gasteiger partial charge in [0.25, 0.3) is 5.91 Å². The number of likely N-dealkylation sites (tertiary alicyclic amines) is 1. The van der Waals surface area contributed by atoms with Gasteiger partial charge in [-0.15, -0.1) is 11.3 Å². The third-order valence-electron chi connectivity index (χ3n) is 9.39. The molecule has 0 unspecified atom stereocenters. The summed E-state index contributed by atoms with van der Waals surface area (Å²) < 4.78 is 5.24. The average Bonchev–Trinajstić information content (AvgIpc) is 3.22. The minimum Gasteiger partial charge on any atom is -0.497 e. The zero-order chi connectivity index (χ0) is 26.4. The van der Waals surface area contributed by atoms with Crippen LogP contribution in [0.2, 0.25) is 0 Å². The Hall–Kier alpha value is -2.45. The molecule has 200 valence electrons. The van der Waals surface area contributed by atoms with Gasteiger partial charge in [-0.25, -0.2) is 4.98 Å². The molecule has 1 aliphatic carbocycles. The van der Waals surface area contributed by atoms with Crippen LogP contribution in [0.15, 0.2) is 29.6 Å². The first-order chi connectivity index (χ1) is 17.6. The lowest BCUT2D eigenvalue weighted by atomic mass is 9.96. The number of piperazine rings is 1. The highest BCUT2D eigenvalue weighted by atomic mass is 32.1. The van der Waals surface area contributed by atoms with E-state index in [-0.39, 0.29) is 22.7 Å². The van der Waals surface area contributed by atoms with E-state index in [0.717, 1.165) is 69.4 Å². The van der Waals surface area contributed by atoms with Crippen LogP contribution in [0.4, 0.5) is 0 Å². The first-order valence-corrected chi connectivity index (χ1v) is 14.4. The van der Waals surface area contributed by atoms with E-state index >= 15 is 0 Å². The van der Waals surface area contributed by atoms with Crippen molar-refractivity contribution < 1.29 is 14.3 Å². The molecule has 7 nitrogen and oxygen atoms in total. The number of amides is 2. The van der Waals surface area contributed by atoms with Gasteiger partial charge in [0.2, 0.25) is 5.91 Å². The van der Waals surface area contributed by atoms with Crippen LogP contribution < -0.4 is 4.74 Å². The maximum absolute atomic E-state index is 13.2. The molecule has 1 saturated carbocycles. The molecular formula is C29H40N4O3S. The standard InChI is InChI=1S/C29H40N4O3S/c1-28(2)24(29(28,3)4)27(35)32-12-10-21(11-13-32)25-30-23(19-37-25)26(34)33-16-14-31(15-17-33)18-20-6-8-22(36-5)9-7-20/h6-9,19,21,24H,10-18H2,1-5H3. The molecule has 2 aromatic rings. The zero-order valence-electron chi connectivity index (χ0n) is 22.8. The Balaban J connectivity index is 1.10. The third-order valence-corrected chi connectivity index (χ3v) is 10.4. The lowest BCUT2D eigenvalue weighted by Crippen LogP contribution is -2.48. The molecule has 5 rings (SSSR count). The van der Waals surface area contributed by atoms with Gasteiger partial charge < -0.3 is 14.5 Å². The Kier molecular flexibility index (Phi) is 7.09. The van der Waals surface area contributed by atoms with Crippen LogP contribution in [0.1, 0.15) is 67.5 Å². The number of piperidine rings is 1. The number of benzene rings is 1. The van der Waals surface area contributed by atoms with Crippen molar-refractivity contribution in [2.45, 2.75) is 53.0 Å². The van der Waals surface area contributed by atoms with E-state index in [4.69, 9.17) is 9.72 Å². The van der Waals surface area contributed by atoms with Crippen molar-refractivity contribution in [3.05, 3.63) is 45.9 Å². The maximum Gasteiger partial charge on any atom is 0.273 e. The molecule has 0 radical (unpaired) electrons. The summed E-state index contributed by atoms with van der Waals surface area (Å²) in [6.07, 6.45) is 1.84. The summed E-state index contributed by atoms with van der Waals surface area (Å²) in [5.74, 6) is 1.67. The van der Waals surface area contributed by atoms with E-state index in [2.05, 4.69) is 49.6 Å². The minimum atomic E-state index is 0.0393. The molecule has 1 aromatic heterocycles. The fourth-order valence-corrected chi connectivity index (χ4v) is 7.14. The zero-order valence-corrected chi connectivity index (χ0v) is 23.6. The molecule has 0 N–H and O–H groups in total. The molecule has 3 aliphatic rings.